The fourth-order valence-corrected chi connectivity index (χ4v) is 2.10. The molecule has 1 rings (SSSR count). The van der Waals surface area contributed by atoms with Gasteiger partial charge in [0.1, 0.15) is 0 Å². The number of hydrogen-bond donors (Lipinski definition) is 2. The van der Waals surface area contributed by atoms with Crippen LogP contribution in [0, 0.1) is 0 Å². The first kappa shape index (κ1) is 16.1. The minimum atomic E-state index is -0.348. The van der Waals surface area contributed by atoms with Gasteiger partial charge in [0.25, 0.3) is 0 Å². The predicted molar refractivity (Wildman–Crippen MR) is 75.0 cm³/mol. The van der Waals surface area contributed by atoms with E-state index < -0.39 is 0 Å². The number of unbranched alkanes of at least 4 members (excludes halogenated alkanes) is 3. The minimum absolute atomic E-state index is 0.341. The molecule has 0 atom stereocenters. The zero-order valence-corrected chi connectivity index (χ0v) is 12.0. The van der Waals surface area contributed by atoms with Crippen LogP contribution in [-0.2, 0) is 4.79 Å². The SMILES string of the molecule is O=C(CCCCCCOc1c(Cl)cccc1Cl)NO. The molecule has 1 amide bonds. The Kier molecular flexibility index (Phi) is 7.63. The topological polar surface area (TPSA) is 58.6 Å². The lowest BCUT2D eigenvalue weighted by Crippen LogP contribution is -2.17. The second-order valence-corrected chi connectivity index (χ2v) is 4.91. The molecule has 19 heavy (non-hydrogen) atoms. The van der Waals surface area contributed by atoms with Gasteiger partial charge in [0, 0.05) is 6.42 Å². The highest BCUT2D eigenvalue weighted by Crippen LogP contribution is 2.32. The van der Waals surface area contributed by atoms with Crippen LogP contribution in [0.1, 0.15) is 32.1 Å². The molecule has 0 aromatic heterocycles. The third-order valence-electron chi connectivity index (χ3n) is 2.59. The Bertz CT molecular complexity index is 393. The largest absolute Gasteiger partial charge is 0.490 e. The molecule has 106 valence electrons. The number of amides is 1. The normalized spacial score (nSPS) is 10.3. The van der Waals surface area contributed by atoms with E-state index in [2.05, 4.69) is 0 Å². The van der Waals surface area contributed by atoms with Crippen LogP contribution in [0.5, 0.6) is 5.75 Å². The van der Waals surface area contributed by atoms with Crippen LogP contribution >= 0.6 is 23.2 Å². The van der Waals surface area contributed by atoms with Crippen molar-refractivity contribution in [2.75, 3.05) is 6.61 Å². The van der Waals surface area contributed by atoms with Gasteiger partial charge in [0.05, 0.1) is 16.7 Å². The molecule has 0 heterocycles. The smallest absolute Gasteiger partial charge is 0.243 e. The number of carbonyl (C=O) groups excluding carboxylic acids is 1. The highest BCUT2D eigenvalue weighted by molar-refractivity contribution is 6.37. The number of hydrogen-bond acceptors (Lipinski definition) is 3. The van der Waals surface area contributed by atoms with Crippen LogP contribution in [0.2, 0.25) is 10.0 Å². The summed E-state index contributed by atoms with van der Waals surface area (Å²) in [5.74, 6) is 0.171. The number of ether oxygens (including phenoxy) is 1. The van der Waals surface area contributed by atoms with E-state index in [-0.39, 0.29) is 5.91 Å². The van der Waals surface area contributed by atoms with Crippen LogP contribution in [0.25, 0.3) is 0 Å². The van der Waals surface area contributed by atoms with Crippen molar-refractivity contribution < 1.29 is 14.7 Å². The summed E-state index contributed by atoms with van der Waals surface area (Å²) in [6, 6.07) is 5.23. The number of carbonyl (C=O) groups is 1. The van der Waals surface area contributed by atoms with Crippen LogP contribution in [0.15, 0.2) is 18.2 Å². The van der Waals surface area contributed by atoms with Gasteiger partial charge >= 0.3 is 0 Å². The van der Waals surface area contributed by atoms with Crippen molar-refractivity contribution in [3.05, 3.63) is 28.2 Å². The molecule has 0 fully saturated rings. The summed E-state index contributed by atoms with van der Waals surface area (Å²) in [7, 11) is 0. The Morgan fingerprint density at radius 1 is 1.16 bits per heavy atom. The second-order valence-electron chi connectivity index (χ2n) is 4.10. The Hall–Kier alpha value is -0.970. The van der Waals surface area contributed by atoms with Gasteiger partial charge in [-0.15, -0.1) is 0 Å². The standard InChI is InChI=1S/C13H17Cl2NO3/c14-10-6-5-7-11(15)13(10)19-9-4-2-1-3-8-12(17)16-18/h5-7,18H,1-4,8-9H2,(H,16,17). The van der Waals surface area contributed by atoms with Crippen molar-refractivity contribution in [1.29, 1.82) is 0 Å². The number of nitrogens with one attached hydrogen (secondary N) is 1. The highest BCUT2D eigenvalue weighted by atomic mass is 35.5. The van der Waals surface area contributed by atoms with E-state index >= 15 is 0 Å². The number of para-hydroxylation sites is 1. The zero-order chi connectivity index (χ0) is 14.1. The molecule has 0 bridgehead atoms. The van der Waals surface area contributed by atoms with E-state index in [1.54, 1.807) is 23.7 Å². The maximum atomic E-state index is 10.7. The third-order valence-corrected chi connectivity index (χ3v) is 3.18. The summed E-state index contributed by atoms with van der Waals surface area (Å²) >= 11 is 11.9. The molecule has 0 unspecified atom stereocenters. The molecular formula is C13H17Cl2NO3. The van der Waals surface area contributed by atoms with Gasteiger partial charge in [-0.05, 0) is 25.0 Å². The molecule has 0 saturated heterocycles. The van der Waals surface area contributed by atoms with Crippen molar-refractivity contribution in [1.82, 2.24) is 5.48 Å². The first-order valence-corrected chi connectivity index (χ1v) is 6.90. The highest BCUT2D eigenvalue weighted by Gasteiger charge is 2.06. The minimum Gasteiger partial charge on any atom is -0.490 e. The van der Waals surface area contributed by atoms with E-state index in [1.807, 2.05) is 0 Å². The molecule has 1 aromatic rings. The van der Waals surface area contributed by atoms with Crippen molar-refractivity contribution >= 4 is 29.1 Å². The van der Waals surface area contributed by atoms with Gasteiger partial charge in [-0.25, -0.2) is 5.48 Å². The molecule has 0 aliphatic carbocycles. The number of halogens is 2. The van der Waals surface area contributed by atoms with E-state index in [9.17, 15) is 4.79 Å². The van der Waals surface area contributed by atoms with E-state index in [4.69, 9.17) is 33.1 Å². The van der Waals surface area contributed by atoms with Gasteiger partial charge in [0.2, 0.25) is 5.91 Å². The molecule has 0 saturated carbocycles. The maximum absolute atomic E-state index is 10.7. The lowest BCUT2D eigenvalue weighted by molar-refractivity contribution is -0.129. The quantitative estimate of drug-likeness (QED) is 0.436. The number of rotatable bonds is 8. The lowest BCUT2D eigenvalue weighted by atomic mass is 10.1. The van der Waals surface area contributed by atoms with Crippen LogP contribution in [-0.4, -0.2) is 17.7 Å². The Morgan fingerprint density at radius 2 is 1.79 bits per heavy atom. The van der Waals surface area contributed by atoms with E-state index in [1.165, 1.54) is 0 Å². The van der Waals surface area contributed by atoms with Gasteiger partial charge < -0.3 is 4.74 Å². The number of benzene rings is 1. The van der Waals surface area contributed by atoms with E-state index in [0.29, 0.717) is 28.8 Å². The van der Waals surface area contributed by atoms with Gasteiger partial charge in [-0.3, -0.25) is 10.0 Å². The summed E-state index contributed by atoms with van der Waals surface area (Å²) in [5.41, 5.74) is 1.61. The van der Waals surface area contributed by atoms with Crippen molar-refractivity contribution in [3.8, 4) is 5.75 Å². The molecule has 2 N–H and O–H groups in total. The average molecular weight is 306 g/mol. The molecule has 0 aliphatic heterocycles. The summed E-state index contributed by atoms with van der Waals surface area (Å²) in [6.45, 7) is 0.537. The molecular weight excluding hydrogens is 289 g/mol. The summed E-state index contributed by atoms with van der Waals surface area (Å²) < 4.78 is 5.53. The van der Waals surface area contributed by atoms with Gasteiger partial charge in [0.15, 0.2) is 5.75 Å². The molecule has 4 nitrogen and oxygen atoms in total. The van der Waals surface area contributed by atoms with Crippen LogP contribution < -0.4 is 10.2 Å². The van der Waals surface area contributed by atoms with Crippen molar-refractivity contribution in [2.24, 2.45) is 0 Å². The number of hydroxylamine groups is 1. The van der Waals surface area contributed by atoms with Crippen molar-refractivity contribution in [2.45, 2.75) is 32.1 Å². The zero-order valence-electron chi connectivity index (χ0n) is 10.5. The van der Waals surface area contributed by atoms with Gasteiger partial charge in [-0.1, -0.05) is 42.1 Å². The second kappa shape index (κ2) is 9.02. The first-order valence-electron chi connectivity index (χ1n) is 6.15. The lowest BCUT2D eigenvalue weighted by Gasteiger charge is -2.09. The molecule has 0 aliphatic rings. The fourth-order valence-electron chi connectivity index (χ4n) is 1.59. The van der Waals surface area contributed by atoms with Crippen LogP contribution in [0.4, 0.5) is 0 Å². The predicted octanol–water partition coefficient (Wildman–Crippen LogP) is 3.83. The first-order chi connectivity index (χ1) is 9.15. The Balaban J connectivity index is 2.13. The summed E-state index contributed by atoms with van der Waals surface area (Å²) in [5, 5.41) is 9.32. The molecule has 0 spiro atoms. The van der Waals surface area contributed by atoms with E-state index in [0.717, 1.165) is 25.7 Å². The summed E-state index contributed by atoms with van der Waals surface area (Å²) in [4.78, 5) is 10.7. The maximum Gasteiger partial charge on any atom is 0.243 e. The fraction of sp³-hybridized carbons (Fsp3) is 0.462. The molecule has 6 heteroatoms. The van der Waals surface area contributed by atoms with Gasteiger partial charge in [-0.2, -0.15) is 0 Å². The van der Waals surface area contributed by atoms with Crippen molar-refractivity contribution in [3.63, 3.8) is 0 Å². The van der Waals surface area contributed by atoms with Crippen LogP contribution in [0.3, 0.4) is 0 Å². The Morgan fingerprint density at radius 3 is 2.42 bits per heavy atom. The monoisotopic (exact) mass is 305 g/mol. The average Bonchev–Trinajstić information content (AvgIpc) is 2.40. The molecule has 1 aromatic carbocycles. The molecule has 0 radical (unpaired) electrons. The third kappa shape index (κ3) is 6.14. The Labute approximate surface area is 122 Å². The summed E-state index contributed by atoms with van der Waals surface area (Å²) in [6.07, 6.45) is 3.81.